The molecule has 12 heteroatoms. The van der Waals surface area contributed by atoms with Gasteiger partial charge in [-0.1, -0.05) is 6.07 Å². The number of hydrogen-bond acceptors (Lipinski definition) is 5. The highest BCUT2D eigenvalue weighted by atomic mass is 32.1. The first-order valence-corrected chi connectivity index (χ1v) is 11.4. The van der Waals surface area contributed by atoms with E-state index in [1.807, 2.05) is 17.5 Å². The van der Waals surface area contributed by atoms with Crippen molar-refractivity contribution in [3.05, 3.63) is 52.2 Å². The normalized spacial score (nSPS) is 16.3. The lowest BCUT2D eigenvalue weighted by molar-refractivity contribution is -0.142. The summed E-state index contributed by atoms with van der Waals surface area (Å²) in [7, 11) is 1.50. The molecular formula is C22H25F3N4O4S. The lowest BCUT2D eigenvalue weighted by atomic mass is 10.1. The van der Waals surface area contributed by atoms with Crippen LogP contribution in [0.25, 0.3) is 0 Å². The zero-order valence-electron chi connectivity index (χ0n) is 18.4. The standard InChI is InChI=1S/C22H25F3N4O4S/c1-33-11-8-26-20(31)18-14-28(9-10-29(18)19(30)13-17-3-2-12-34-17)21(32)27-16-6-4-15(5-7-16)22(23,24)25/h2-7,12,18H,8-11,13-14H2,1H3,(H,26,31)(H,27,32). The molecule has 1 aromatic heterocycles. The van der Waals surface area contributed by atoms with Gasteiger partial charge >= 0.3 is 12.2 Å². The molecule has 2 N–H and O–H groups in total. The van der Waals surface area contributed by atoms with E-state index in [-0.39, 0.29) is 44.2 Å². The number of halogens is 3. The van der Waals surface area contributed by atoms with E-state index in [0.29, 0.717) is 6.61 Å². The van der Waals surface area contributed by atoms with Crippen molar-refractivity contribution in [1.29, 1.82) is 0 Å². The minimum atomic E-state index is -4.47. The molecule has 2 heterocycles. The van der Waals surface area contributed by atoms with E-state index < -0.39 is 29.7 Å². The van der Waals surface area contributed by atoms with Crippen LogP contribution in [0.3, 0.4) is 0 Å². The number of piperazine rings is 1. The summed E-state index contributed by atoms with van der Waals surface area (Å²) in [6.45, 7) is 0.801. The van der Waals surface area contributed by atoms with Gasteiger partial charge in [-0.15, -0.1) is 11.3 Å². The number of carbonyl (C=O) groups is 3. The molecule has 1 unspecified atom stereocenters. The highest BCUT2D eigenvalue weighted by molar-refractivity contribution is 7.10. The van der Waals surface area contributed by atoms with Crippen LogP contribution in [0.4, 0.5) is 23.7 Å². The lowest BCUT2D eigenvalue weighted by Crippen LogP contribution is -2.62. The van der Waals surface area contributed by atoms with E-state index in [9.17, 15) is 27.6 Å². The molecule has 0 spiro atoms. The van der Waals surface area contributed by atoms with Crippen molar-refractivity contribution in [3.63, 3.8) is 0 Å². The second-order valence-corrected chi connectivity index (χ2v) is 8.63. The first-order valence-electron chi connectivity index (χ1n) is 10.5. The van der Waals surface area contributed by atoms with Crippen molar-refractivity contribution in [2.75, 3.05) is 45.2 Å². The Hall–Kier alpha value is -3.12. The van der Waals surface area contributed by atoms with Crippen LogP contribution in [0.2, 0.25) is 0 Å². The highest BCUT2D eigenvalue weighted by Crippen LogP contribution is 2.30. The zero-order valence-corrected chi connectivity index (χ0v) is 19.2. The van der Waals surface area contributed by atoms with E-state index in [1.54, 1.807) is 0 Å². The largest absolute Gasteiger partial charge is 0.416 e. The topological polar surface area (TPSA) is 91.0 Å². The maximum atomic E-state index is 12.9. The van der Waals surface area contributed by atoms with E-state index in [0.717, 1.165) is 29.1 Å². The number of thiophene rings is 1. The van der Waals surface area contributed by atoms with E-state index in [1.165, 1.54) is 28.2 Å². The van der Waals surface area contributed by atoms with Crippen molar-refractivity contribution in [3.8, 4) is 0 Å². The summed E-state index contributed by atoms with van der Waals surface area (Å²) >= 11 is 1.44. The fraction of sp³-hybridized carbons (Fsp3) is 0.409. The number of hydrogen-bond donors (Lipinski definition) is 2. The molecule has 8 nitrogen and oxygen atoms in total. The zero-order chi connectivity index (χ0) is 24.7. The number of amides is 4. The average molecular weight is 499 g/mol. The number of alkyl halides is 3. The average Bonchev–Trinajstić information content (AvgIpc) is 3.31. The third-order valence-corrected chi connectivity index (χ3v) is 6.14. The third kappa shape index (κ3) is 6.70. The van der Waals surface area contributed by atoms with Crippen LogP contribution >= 0.6 is 11.3 Å². The Morgan fingerprint density at radius 3 is 2.50 bits per heavy atom. The molecule has 34 heavy (non-hydrogen) atoms. The molecule has 0 bridgehead atoms. The van der Waals surface area contributed by atoms with Gasteiger partial charge in [0.05, 0.1) is 25.1 Å². The van der Waals surface area contributed by atoms with Gasteiger partial charge in [0, 0.05) is 37.3 Å². The molecule has 1 aliphatic rings. The molecule has 184 valence electrons. The number of nitrogens with zero attached hydrogens (tertiary/aromatic N) is 2. The minimum absolute atomic E-state index is 0.0541. The fourth-order valence-corrected chi connectivity index (χ4v) is 4.19. The van der Waals surface area contributed by atoms with Crippen LogP contribution in [0.5, 0.6) is 0 Å². The summed E-state index contributed by atoms with van der Waals surface area (Å²) in [6.07, 6.45) is -4.32. The van der Waals surface area contributed by atoms with E-state index >= 15 is 0 Å². The predicted molar refractivity (Wildman–Crippen MR) is 120 cm³/mol. The molecule has 1 atom stereocenters. The Labute approximate surface area is 198 Å². The second kappa shape index (κ2) is 11.3. The number of carbonyl (C=O) groups excluding carboxylic acids is 3. The Balaban J connectivity index is 1.68. The molecular weight excluding hydrogens is 473 g/mol. The Morgan fingerprint density at radius 1 is 1.15 bits per heavy atom. The summed E-state index contributed by atoms with van der Waals surface area (Å²) in [5.74, 6) is -0.638. The SMILES string of the molecule is COCCNC(=O)C1CN(C(=O)Nc2ccc(C(F)(F)F)cc2)CCN1C(=O)Cc1cccs1. The van der Waals surface area contributed by atoms with Crippen molar-refractivity contribution >= 4 is 34.9 Å². The van der Waals surface area contributed by atoms with Gasteiger partial charge in [-0.3, -0.25) is 9.59 Å². The van der Waals surface area contributed by atoms with Crippen molar-refractivity contribution in [2.24, 2.45) is 0 Å². The number of rotatable bonds is 7. The molecule has 1 aliphatic heterocycles. The smallest absolute Gasteiger partial charge is 0.383 e. The Kier molecular flexibility index (Phi) is 8.51. The summed E-state index contributed by atoms with van der Waals surface area (Å²) < 4.78 is 43.2. The number of anilines is 1. The lowest BCUT2D eigenvalue weighted by Gasteiger charge is -2.40. The van der Waals surface area contributed by atoms with Gasteiger partial charge < -0.3 is 25.2 Å². The van der Waals surface area contributed by atoms with Crippen LogP contribution in [0, 0.1) is 0 Å². The van der Waals surface area contributed by atoms with Crippen molar-refractivity contribution in [2.45, 2.75) is 18.6 Å². The van der Waals surface area contributed by atoms with Crippen LogP contribution in [0.15, 0.2) is 41.8 Å². The highest BCUT2D eigenvalue weighted by Gasteiger charge is 2.37. The summed E-state index contributed by atoms with van der Waals surface area (Å²) in [5, 5.41) is 7.12. The van der Waals surface area contributed by atoms with Crippen LogP contribution in [-0.2, 0) is 26.9 Å². The van der Waals surface area contributed by atoms with Crippen molar-refractivity contribution in [1.82, 2.24) is 15.1 Å². The van der Waals surface area contributed by atoms with Gasteiger partial charge in [0.2, 0.25) is 11.8 Å². The fourth-order valence-electron chi connectivity index (χ4n) is 3.49. The number of nitrogens with one attached hydrogen (secondary N) is 2. The minimum Gasteiger partial charge on any atom is -0.383 e. The maximum absolute atomic E-state index is 12.9. The van der Waals surface area contributed by atoms with Gasteiger partial charge in [-0.2, -0.15) is 13.2 Å². The maximum Gasteiger partial charge on any atom is 0.416 e. The summed E-state index contributed by atoms with van der Waals surface area (Å²) in [5.41, 5.74) is -0.633. The van der Waals surface area contributed by atoms with Crippen molar-refractivity contribution < 1.29 is 32.3 Å². The van der Waals surface area contributed by atoms with E-state index in [2.05, 4.69) is 10.6 Å². The first kappa shape index (κ1) is 25.5. The van der Waals surface area contributed by atoms with Crippen LogP contribution in [0.1, 0.15) is 10.4 Å². The molecule has 3 rings (SSSR count). The first-order chi connectivity index (χ1) is 16.2. The molecule has 1 fully saturated rings. The van der Waals surface area contributed by atoms with Gasteiger partial charge in [0.15, 0.2) is 0 Å². The molecule has 0 radical (unpaired) electrons. The number of methoxy groups -OCH3 is 1. The second-order valence-electron chi connectivity index (χ2n) is 7.59. The van der Waals surface area contributed by atoms with Gasteiger partial charge in [-0.25, -0.2) is 4.79 Å². The number of ether oxygens (including phenoxy) is 1. The predicted octanol–water partition coefficient (Wildman–Crippen LogP) is 2.82. The summed E-state index contributed by atoms with van der Waals surface area (Å²) in [4.78, 5) is 42.2. The van der Waals surface area contributed by atoms with Crippen LogP contribution < -0.4 is 10.6 Å². The monoisotopic (exact) mass is 498 g/mol. The van der Waals surface area contributed by atoms with Crippen LogP contribution in [-0.4, -0.2) is 73.6 Å². The van der Waals surface area contributed by atoms with Gasteiger partial charge in [0.25, 0.3) is 0 Å². The molecule has 4 amide bonds. The quantitative estimate of drug-likeness (QED) is 0.575. The molecule has 2 aromatic rings. The third-order valence-electron chi connectivity index (χ3n) is 5.27. The molecule has 1 saturated heterocycles. The molecule has 0 saturated carbocycles. The molecule has 1 aromatic carbocycles. The molecule has 0 aliphatic carbocycles. The van der Waals surface area contributed by atoms with Gasteiger partial charge in [0.1, 0.15) is 6.04 Å². The summed E-state index contributed by atoms with van der Waals surface area (Å²) in [6, 6.07) is 6.28. The van der Waals surface area contributed by atoms with Gasteiger partial charge in [-0.05, 0) is 35.7 Å². The van der Waals surface area contributed by atoms with E-state index in [4.69, 9.17) is 4.74 Å². The number of benzene rings is 1. The Morgan fingerprint density at radius 2 is 1.88 bits per heavy atom. The number of urea groups is 1. The Bertz CT molecular complexity index is 983.